The molecule has 0 saturated heterocycles. The van der Waals surface area contributed by atoms with Crippen LogP contribution in [0.25, 0.3) is 0 Å². The van der Waals surface area contributed by atoms with Crippen LogP contribution < -0.4 is 4.84 Å². The highest BCUT2D eigenvalue weighted by Crippen LogP contribution is 2.13. The number of hydrogen-bond donors (Lipinski definition) is 1. The summed E-state index contributed by atoms with van der Waals surface area (Å²) >= 11 is 8.71. The monoisotopic (exact) mass is 234 g/mol. The van der Waals surface area contributed by atoms with Gasteiger partial charge < -0.3 is 0 Å². The van der Waals surface area contributed by atoms with Crippen LogP contribution in [0.5, 0.6) is 0 Å². The lowest BCUT2D eigenvalue weighted by molar-refractivity contribution is 0.714. The van der Waals surface area contributed by atoms with E-state index in [2.05, 4.69) is 25.7 Å². The van der Waals surface area contributed by atoms with Gasteiger partial charge in [0, 0.05) is 0 Å². The summed E-state index contributed by atoms with van der Waals surface area (Å²) in [5, 5.41) is 0. The van der Waals surface area contributed by atoms with Gasteiger partial charge in [-0.15, -0.1) is 0 Å². The topological polar surface area (TPSA) is 24.9 Å². The molecule has 1 heterocycles. The lowest BCUT2D eigenvalue weighted by Crippen LogP contribution is -2.08. The first-order valence-corrected chi connectivity index (χ1v) is 4.39. The molecular formula is C7H8BrClN2. The summed E-state index contributed by atoms with van der Waals surface area (Å²) in [7, 11) is 0. The van der Waals surface area contributed by atoms with Gasteiger partial charge in [-0.25, -0.2) is 9.82 Å². The van der Waals surface area contributed by atoms with Gasteiger partial charge >= 0.3 is 0 Å². The SMILES string of the molecule is C[C@H](NCl)c1cccc(Br)n1. The van der Waals surface area contributed by atoms with E-state index < -0.39 is 0 Å². The third-order valence-electron chi connectivity index (χ3n) is 1.34. The maximum Gasteiger partial charge on any atom is 0.106 e. The Morgan fingerprint density at radius 1 is 1.64 bits per heavy atom. The molecule has 11 heavy (non-hydrogen) atoms. The molecule has 0 spiro atoms. The number of hydrogen-bond acceptors (Lipinski definition) is 2. The van der Waals surface area contributed by atoms with E-state index in [1.165, 1.54) is 0 Å². The summed E-state index contributed by atoms with van der Waals surface area (Å²) in [6, 6.07) is 5.81. The third-order valence-corrected chi connectivity index (χ3v) is 2.11. The quantitative estimate of drug-likeness (QED) is 0.630. The van der Waals surface area contributed by atoms with Crippen molar-refractivity contribution in [1.29, 1.82) is 0 Å². The van der Waals surface area contributed by atoms with E-state index in [9.17, 15) is 0 Å². The normalized spacial score (nSPS) is 13.0. The molecule has 0 fully saturated rings. The van der Waals surface area contributed by atoms with Crippen molar-refractivity contribution in [2.45, 2.75) is 13.0 Å². The van der Waals surface area contributed by atoms with E-state index in [1.54, 1.807) is 0 Å². The fourth-order valence-electron chi connectivity index (χ4n) is 0.721. The summed E-state index contributed by atoms with van der Waals surface area (Å²) in [6.45, 7) is 1.95. The summed E-state index contributed by atoms with van der Waals surface area (Å²) in [5.41, 5.74) is 0.925. The molecule has 0 amide bonds. The third kappa shape index (κ3) is 2.43. The number of nitrogens with zero attached hydrogens (tertiary/aromatic N) is 1. The Balaban J connectivity index is 2.86. The number of aromatic nitrogens is 1. The zero-order chi connectivity index (χ0) is 8.27. The van der Waals surface area contributed by atoms with Crippen LogP contribution in [0.4, 0.5) is 0 Å². The zero-order valence-electron chi connectivity index (χ0n) is 6.01. The van der Waals surface area contributed by atoms with Crippen LogP contribution in [-0.2, 0) is 0 Å². The second kappa shape index (κ2) is 4.04. The van der Waals surface area contributed by atoms with Crippen molar-refractivity contribution in [2.24, 2.45) is 0 Å². The molecule has 0 radical (unpaired) electrons. The summed E-state index contributed by atoms with van der Waals surface area (Å²) in [5.74, 6) is 0. The van der Waals surface area contributed by atoms with Crippen LogP contribution in [0, 0.1) is 0 Å². The Morgan fingerprint density at radius 3 is 2.91 bits per heavy atom. The van der Waals surface area contributed by atoms with Crippen molar-refractivity contribution < 1.29 is 0 Å². The van der Waals surface area contributed by atoms with Gasteiger partial charge in [0.05, 0.1) is 11.7 Å². The maximum absolute atomic E-state index is 5.43. The number of halogens is 2. The van der Waals surface area contributed by atoms with Gasteiger partial charge in [-0.05, 0) is 46.8 Å². The van der Waals surface area contributed by atoms with Crippen molar-refractivity contribution in [3.63, 3.8) is 0 Å². The highest BCUT2D eigenvalue weighted by Gasteiger charge is 2.03. The Kier molecular flexibility index (Phi) is 3.30. The van der Waals surface area contributed by atoms with Gasteiger partial charge in [-0.3, -0.25) is 0 Å². The van der Waals surface area contributed by atoms with Crippen molar-refractivity contribution in [2.75, 3.05) is 0 Å². The van der Waals surface area contributed by atoms with Crippen molar-refractivity contribution >= 4 is 27.7 Å². The smallest absolute Gasteiger partial charge is 0.106 e. The first kappa shape index (κ1) is 8.97. The molecule has 1 rings (SSSR count). The van der Waals surface area contributed by atoms with Gasteiger partial charge in [0.15, 0.2) is 0 Å². The van der Waals surface area contributed by atoms with Crippen LogP contribution in [0.3, 0.4) is 0 Å². The van der Waals surface area contributed by atoms with Crippen molar-refractivity contribution in [3.05, 3.63) is 28.5 Å². The molecule has 1 N–H and O–H groups in total. The molecular weight excluding hydrogens is 227 g/mol. The van der Waals surface area contributed by atoms with E-state index in [0.717, 1.165) is 10.3 Å². The van der Waals surface area contributed by atoms with Gasteiger partial charge in [0.1, 0.15) is 4.60 Å². The number of pyridine rings is 1. The zero-order valence-corrected chi connectivity index (χ0v) is 8.35. The second-order valence-electron chi connectivity index (χ2n) is 2.22. The van der Waals surface area contributed by atoms with Gasteiger partial charge in [0.25, 0.3) is 0 Å². The van der Waals surface area contributed by atoms with Crippen molar-refractivity contribution in [1.82, 2.24) is 9.82 Å². The Hall–Kier alpha value is -0.120. The molecule has 0 bridgehead atoms. The van der Waals surface area contributed by atoms with E-state index in [0.29, 0.717) is 0 Å². The molecule has 0 aliphatic carbocycles. The Bertz CT molecular complexity index is 242. The minimum Gasteiger partial charge on any atom is -0.244 e. The average molecular weight is 236 g/mol. The molecule has 2 nitrogen and oxygen atoms in total. The van der Waals surface area contributed by atoms with E-state index in [1.807, 2.05) is 25.1 Å². The number of rotatable bonds is 2. The largest absolute Gasteiger partial charge is 0.244 e. The molecule has 0 saturated carbocycles. The minimum absolute atomic E-state index is 0.0779. The summed E-state index contributed by atoms with van der Waals surface area (Å²) in [6.07, 6.45) is 0. The van der Waals surface area contributed by atoms with Crippen LogP contribution in [0.15, 0.2) is 22.8 Å². The summed E-state index contributed by atoms with van der Waals surface area (Å²) < 4.78 is 0.828. The molecule has 4 heteroatoms. The van der Waals surface area contributed by atoms with Gasteiger partial charge in [0.2, 0.25) is 0 Å². The van der Waals surface area contributed by atoms with Crippen LogP contribution in [0.1, 0.15) is 18.7 Å². The standard InChI is InChI=1S/C7H8BrClN2/c1-5(11-9)6-3-2-4-7(8)10-6/h2-5,11H,1H3/t5-/m0/s1. The Labute approximate surface area is 79.2 Å². The molecule has 0 aliphatic heterocycles. The minimum atomic E-state index is 0.0779. The molecule has 0 aliphatic rings. The lowest BCUT2D eigenvalue weighted by atomic mass is 10.2. The predicted octanol–water partition coefficient (Wildman–Crippen LogP) is 2.65. The van der Waals surface area contributed by atoms with Crippen LogP contribution in [-0.4, -0.2) is 4.98 Å². The van der Waals surface area contributed by atoms with E-state index in [-0.39, 0.29) is 6.04 Å². The Morgan fingerprint density at radius 2 is 2.36 bits per heavy atom. The fourth-order valence-corrected chi connectivity index (χ4v) is 1.19. The van der Waals surface area contributed by atoms with E-state index >= 15 is 0 Å². The molecule has 1 aromatic heterocycles. The first-order valence-electron chi connectivity index (χ1n) is 3.22. The predicted molar refractivity (Wildman–Crippen MR) is 49.3 cm³/mol. The summed E-state index contributed by atoms with van der Waals surface area (Å²) in [4.78, 5) is 6.81. The maximum atomic E-state index is 5.43. The molecule has 1 aromatic rings. The lowest BCUT2D eigenvalue weighted by Gasteiger charge is -2.06. The molecule has 1 atom stereocenters. The first-order chi connectivity index (χ1) is 5.24. The highest BCUT2D eigenvalue weighted by atomic mass is 79.9. The van der Waals surface area contributed by atoms with Gasteiger partial charge in [-0.1, -0.05) is 6.07 Å². The fraction of sp³-hybridized carbons (Fsp3) is 0.286. The van der Waals surface area contributed by atoms with Crippen LogP contribution in [0.2, 0.25) is 0 Å². The molecule has 60 valence electrons. The van der Waals surface area contributed by atoms with E-state index in [4.69, 9.17) is 11.8 Å². The average Bonchev–Trinajstić information content (AvgIpc) is 2.03. The molecule has 0 unspecified atom stereocenters. The van der Waals surface area contributed by atoms with Gasteiger partial charge in [-0.2, -0.15) is 0 Å². The van der Waals surface area contributed by atoms with Crippen molar-refractivity contribution in [3.8, 4) is 0 Å². The van der Waals surface area contributed by atoms with Crippen LogP contribution >= 0.6 is 27.7 Å². The second-order valence-corrected chi connectivity index (χ2v) is 3.25. The molecule has 0 aromatic carbocycles. The number of nitrogens with one attached hydrogen (secondary N) is 1. The highest BCUT2D eigenvalue weighted by molar-refractivity contribution is 9.10.